The summed E-state index contributed by atoms with van der Waals surface area (Å²) in [5.41, 5.74) is 39.9. The van der Waals surface area contributed by atoms with E-state index >= 15 is 4.79 Å². The number of primary amides is 6. The number of nitrogens with two attached hydrogens (primary N) is 7. The third-order valence-corrected chi connectivity index (χ3v) is 19.5. The number of carbonyl (C=O) groups is 19. The second-order valence-electron chi connectivity index (χ2n) is 27.8. The number of aliphatic hydroxyl groups is 1. The zero-order valence-electron chi connectivity index (χ0n) is 61.4. The average molecular weight is 1560 g/mol. The average Bonchev–Trinajstić information content (AvgIpc) is 1.68. The number of carboxylic acids is 1. The van der Waals surface area contributed by atoms with Gasteiger partial charge in [-0.3, -0.25) is 86.3 Å². The van der Waals surface area contributed by atoms with Gasteiger partial charge in [0.15, 0.2) is 0 Å². The lowest BCUT2D eigenvalue weighted by Crippen LogP contribution is -2.61. The molecule has 0 unspecified atom stereocenters. The van der Waals surface area contributed by atoms with E-state index in [-0.39, 0.29) is 110 Å². The Morgan fingerprint density at radius 2 is 0.622 bits per heavy atom. The van der Waals surface area contributed by atoms with Gasteiger partial charge in [-0.2, -0.15) is 0 Å². The van der Waals surface area contributed by atoms with Gasteiger partial charge in [0.1, 0.15) is 72.5 Å². The maximum atomic E-state index is 15.1. The fourth-order valence-electron chi connectivity index (χ4n) is 13.7. The predicted molar refractivity (Wildman–Crippen MR) is 388 cm³/mol. The van der Waals surface area contributed by atoms with Crippen LogP contribution in [0, 0.1) is 0 Å². The number of nitrogens with zero attached hydrogens (tertiary/aromatic N) is 4. The number of carboxylic acid groups (broad SMARTS) is 1. The molecule has 0 radical (unpaired) electrons. The maximum absolute atomic E-state index is 15.1. The van der Waals surface area contributed by atoms with Crippen molar-refractivity contribution in [3.63, 3.8) is 0 Å². The highest BCUT2D eigenvalue weighted by Gasteiger charge is 2.47. The number of hydrogen-bond donors (Lipinski definition) is 17. The van der Waals surface area contributed by atoms with Gasteiger partial charge in [0, 0.05) is 71.1 Å². The summed E-state index contributed by atoms with van der Waals surface area (Å²) in [5, 5.41) is 39.7. The summed E-state index contributed by atoms with van der Waals surface area (Å²) >= 11 is 0. The Morgan fingerprint density at radius 3 is 1.02 bits per heavy atom. The minimum atomic E-state index is -1.82. The van der Waals surface area contributed by atoms with Gasteiger partial charge in [0.2, 0.25) is 106 Å². The molecule has 4 aliphatic heterocycles. The van der Waals surface area contributed by atoms with Crippen LogP contribution in [-0.4, -0.2) is 253 Å². The Hall–Kier alpha value is -11.7. The Balaban J connectivity index is 1.18. The Bertz CT molecular complexity index is 3760. The second kappa shape index (κ2) is 42.9. The highest BCUT2D eigenvalue weighted by molar-refractivity contribution is 6.01. The first-order valence-corrected chi connectivity index (χ1v) is 36.7. The molecule has 606 valence electrons. The molecular weight excluding hydrogens is 1450 g/mol. The van der Waals surface area contributed by atoms with Crippen molar-refractivity contribution in [3.05, 3.63) is 71.8 Å². The number of benzene rings is 2. The van der Waals surface area contributed by atoms with Crippen molar-refractivity contribution in [1.82, 2.24) is 62.1 Å². The summed E-state index contributed by atoms with van der Waals surface area (Å²) in [6.45, 7) is -1.14. The van der Waals surface area contributed by atoms with E-state index in [1.807, 2.05) is 0 Å². The highest BCUT2D eigenvalue weighted by atomic mass is 16.4. The Morgan fingerprint density at radius 1 is 0.342 bits per heavy atom. The summed E-state index contributed by atoms with van der Waals surface area (Å²) in [6, 6.07) is -2.57. The minimum absolute atomic E-state index is 0.000561. The number of rotatable bonds is 44. The molecule has 40 nitrogen and oxygen atoms in total. The van der Waals surface area contributed by atoms with Crippen LogP contribution in [0.4, 0.5) is 0 Å². The van der Waals surface area contributed by atoms with E-state index in [2.05, 4.69) is 42.5 Å². The van der Waals surface area contributed by atoms with Crippen molar-refractivity contribution in [3.8, 4) is 0 Å². The fraction of sp³-hybridized carbons (Fsp3) is 0.563. The summed E-state index contributed by atoms with van der Waals surface area (Å²) in [4.78, 5) is 261. The molecule has 0 aliphatic carbocycles. The number of carbonyl (C=O) groups excluding carboxylic acids is 18. The van der Waals surface area contributed by atoms with Crippen molar-refractivity contribution < 1.29 is 101 Å². The fourth-order valence-corrected chi connectivity index (χ4v) is 13.7. The van der Waals surface area contributed by atoms with Crippen LogP contribution in [0.15, 0.2) is 60.7 Å². The molecule has 24 N–H and O–H groups in total. The van der Waals surface area contributed by atoms with Crippen molar-refractivity contribution in [2.45, 2.75) is 220 Å². The van der Waals surface area contributed by atoms with E-state index in [4.69, 9.17) is 40.1 Å². The van der Waals surface area contributed by atoms with Crippen LogP contribution >= 0.6 is 0 Å². The van der Waals surface area contributed by atoms with E-state index in [1.165, 1.54) is 9.80 Å². The van der Waals surface area contributed by atoms with Crippen LogP contribution in [0.5, 0.6) is 0 Å². The molecule has 0 aromatic heterocycles. The topological polar surface area (TPSA) is 656 Å². The van der Waals surface area contributed by atoms with Crippen LogP contribution in [0.1, 0.15) is 140 Å². The molecule has 4 heterocycles. The van der Waals surface area contributed by atoms with Crippen LogP contribution < -0.4 is 82.7 Å². The van der Waals surface area contributed by atoms with E-state index in [1.54, 1.807) is 60.7 Å². The molecule has 0 spiro atoms. The van der Waals surface area contributed by atoms with Crippen molar-refractivity contribution in [1.29, 1.82) is 0 Å². The van der Waals surface area contributed by atoms with Gasteiger partial charge in [0.05, 0.1) is 12.6 Å². The number of likely N-dealkylation sites (tertiary alicyclic amines) is 4. The predicted octanol–water partition coefficient (Wildman–Crippen LogP) is -7.69. The Kier molecular flexibility index (Phi) is 34.1. The third-order valence-electron chi connectivity index (χ3n) is 19.5. The highest BCUT2D eigenvalue weighted by Crippen LogP contribution is 2.28. The molecule has 13 atom stereocenters. The molecule has 6 rings (SSSR count). The van der Waals surface area contributed by atoms with Gasteiger partial charge in [-0.15, -0.1) is 0 Å². The molecule has 111 heavy (non-hydrogen) atoms. The van der Waals surface area contributed by atoms with Gasteiger partial charge in [-0.25, -0.2) is 4.79 Å². The first-order chi connectivity index (χ1) is 52.7. The lowest BCUT2D eigenvalue weighted by atomic mass is 10.0. The smallest absolute Gasteiger partial charge is 0.326 e. The lowest BCUT2D eigenvalue weighted by molar-refractivity contribution is -0.148. The number of amides is 18. The number of aliphatic carboxylic acids is 1. The standard InChI is InChI=1S/C71H101N19O21/c72-40(35-38-11-3-1-4-12-38)59(98)86-48(37-91)63(102)82-44(22-28-56(76)95)67(106)87-31-7-15-49(87)64(103)81-43(21-27-55(75)94)61(100)79-41(19-25-53(73)92)60(99)80-42(20-26-54(74)93)62(101)85-47(36-39-13-5-2-6-14-39)69(108)90-34-10-18-52(90)70(109)89-33-9-17-51(89)65(104)83-45(23-29-57(77)96)68(107)88-32-8-16-50(88)66(105)84-46(71(110)111)24-30-58(78)97/h1-6,11-14,40-52,91H,7-10,15-37,72H2,(H2,73,92)(H2,74,93)(H2,75,94)(H2,76,95)(H2,77,96)(H2,78,97)(H,79,100)(H,80,99)(H,81,103)(H,82,102)(H,83,104)(H,84,105)(H,85,101)(H,86,98)(H,110,111)/t40-,41-,42-,43-,44-,45-,46-,47-,48-,49-,50-,51-,52-/m0/s1. The van der Waals surface area contributed by atoms with Crippen molar-refractivity contribution >= 4 is 112 Å². The first kappa shape index (κ1) is 88.2. The summed E-state index contributed by atoms with van der Waals surface area (Å²) in [6.07, 6.45) is -4.78. The molecule has 4 aliphatic rings. The van der Waals surface area contributed by atoms with Crippen molar-refractivity contribution in [2.75, 3.05) is 32.8 Å². The zero-order chi connectivity index (χ0) is 81.8. The second-order valence-corrected chi connectivity index (χ2v) is 27.8. The van der Waals surface area contributed by atoms with Gasteiger partial charge < -0.3 is 112 Å². The summed E-state index contributed by atoms with van der Waals surface area (Å²) in [5.74, 6) is -18.2. The zero-order valence-corrected chi connectivity index (χ0v) is 61.4. The molecular formula is C71H101N19O21. The first-order valence-electron chi connectivity index (χ1n) is 36.7. The number of aliphatic hydroxyl groups excluding tert-OH is 1. The normalized spacial score (nSPS) is 19.0. The Labute approximate surface area is 637 Å². The third kappa shape index (κ3) is 26.8. The largest absolute Gasteiger partial charge is 0.480 e. The van der Waals surface area contributed by atoms with E-state index in [0.717, 1.165) is 9.80 Å². The molecule has 2 aromatic carbocycles. The van der Waals surface area contributed by atoms with Crippen LogP contribution in [0.2, 0.25) is 0 Å². The monoisotopic (exact) mass is 1560 g/mol. The van der Waals surface area contributed by atoms with Crippen LogP contribution in [0.25, 0.3) is 0 Å². The van der Waals surface area contributed by atoms with Gasteiger partial charge >= 0.3 is 5.97 Å². The molecule has 0 saturated carbocycles. The van der Waals surface area contributed by atoms with Gasteiger partial charge in [0.25, 0.3) is 0 Å². The minimum Gasteiger partial charge on any atom is -0.480 e. The quantitative estimate of drug-likeness (QED) is 0.0293. The maximum Gasteiger partial charge on any atom is 0.326 e. The number of nitrogens with one attached hydrogen (secondary N) is 8. The van der Waals surface area contributed by atoms with Crippen LogP contribution in [0.3, 0.4) is 0 Å². The molecule has 18 amide bonds. The van der Waals surface area contributed by atoms with Gasteiger partial charge in [-0.05, 0) is 107 Å². The van der Waals surface area contributed by atoms with Crippen LogP contribution in [-0.2, 0) is 104 Å². The van der Waals surface area contributed by atoms with E-state index < -0.39 is 255 Å². The molecule has 0 bridgehead atoms. The SMILES string of the molecule is NC(=O)CC[C@H](NC(=O)[C@@H]1CCCN1C(=O)[C@H](CCC(N)=O)NC(=O)[C@@H]1CCCN1C(=O)[C@@H]1CCCN1C(=O)[C@H](Cc1ccccc1)NC(=O)[C@H](CCC(N)=O)NC(=O)[C@H](CCC(N)=O)NC(=O)[C@H](CCC(N)=O)NC(=O)[C@@H]1CCCN1C(=O)[C@H](CCC(N)=O)NC(=O)[C@H](CO)NC(=O)[C@@H](N)Cc1ccccc1)C(=O)O. The van der Waals surface area contributed by atoms with E-state index in [0.29, 0.717) is 11.1 Å². The molecule has 4 fully saturated rings. The lowest BCUT2D eigenvalue weighted by Gasteiger charge is -2.34. The van der Waals surface area contributed by atoms with Crippen molar-refractivity contribution in [2.24, 2.45) is 40.1 Å². The van der Waals surface area contributed by atoms with E-state index in [9.17, 15) is 96.5 Å². The number of hydrogen-bond acceptors (Lipinski definition) is 21. The molecule has 2 aromatic rings. The summed E-state index contributed by atoms with van der Waals surface area (Å²) < 4.78 is 0. The molecule has 4 saturated heterocycles. The molecule has 40 heteroatoms. The summed E-state index contributed by atoms with van der Waals surface area (Å²) in [7, 11) is 0. The van der Waals surface area contributed by atoms with Gasteiger partial charge in [-0.1, -0.05) is 60.7 Å².